The van der Waals surface area contributed by atoms with Crippen molar-refractivity contribution in [2.75, 3.05) is 11.9 Å². The van der Waals surface area contributed by atoms with Gasteiger partial charge in [-0.05, 0) is 0 Å². The zero-order valence-corrected chi connectivity index (χ0v) is 36.7. The second-order valence-corrected chi connectivity index (χ2v) is 21.6. The van der Waals surface area contributed by atoms with Gasteiger partial charge in [0.2, 0.25) is 0 Å². The van der Waals surface area contributed by atoms with Crippen LogP contribution in [0, 0.1) is 0 Å². The zero-order valence-electron chi connectivity index (χ0n) is 34.9. The van der Waals surface area contributed by atoms with Crippen LogP contribution in [0.15, 0.2) is 237 Å². The number of rotatable bonds is 14. The predicted molar refractivity (Wildman–Crippen MR) is 271 cm³/mol. The Balaban J connectivity index is 1.08. The summed E-state index contributed by atoms with van der Waals surface area (Å²) >= 11 is 2.10. The van der Waals surface area contributed by atoms with Crippen molar-refractivity contribution in [2.24, 2.45) is 0 Å². The fraction of sp³-hybridized carbons (Fsp3) is 0.103. The Morgan fingerprint density at radius 3 is 1.13 bits per heavy atom. The molecule has 2 nitrogen and oxygen atoms in total. The van der Waals surface area contributed by atoms with E-state index in [2.05, 4.69) is 258 Å². The molecule has 0 fully saturated rings. The molecule has 304 valence electrons. The minimum atomic E-state index is -2.39. The van der Waals surface area contributed by atoms with Gasteiger partial charge in [-0.3, -0.25) is 0 Å². The van der Waals surface area contributed by atoms with Crippen molar-refractivity contribution in [3.05, 3.63) is 259 Å². The van der Waals surface area contributed by atoms with E-state index in [9.17, 15) is 0 Å². The Labute approximate surface area is 371 Å². The summed E-state index contributed by atoms with van der Waals surface area (Å²) in [5.41, 5.74) is 7.71. The van der Waals surface area contributed by atoms with Crippen LogP contribution >= 0.6 is 19.0 Å². The van der Waals surface area contributed by atoms with Gasteiger partial charge in [0, 0.05) is 0 Å². The van der Waals surface area contributed by atoms with E-state index in [1.807, 2.05) is 0 Å². The SMILES string of the molecule is c1ccc(C2=C(c3ccccc3)N(Cc3ccc4ccccc4c3)C(SCCC[PH](c3ccccc3)(c3ccccc3)c3ccccc3)N2Cc2ccc3ccccc3c2)cc1. The fourth-order valence-electron chi connectivity index (χ4n) is 9.65. The molecule has 0 radical (unpaired) electrons. The Morgan fingerprint density at radius 2 is 0.726 bits per heavy atom. The average Bonchev–Trinajstić information content (AvgIpc) is 3.64. The number of hydrogen-bond acceptors (Lipinski definition) is 3. The number of nitrogens with zero attached hydrogens (tertiary/aromatic N) is 2. The molecular weight excluding hydrogens is 788 g/mol. The summed E-state index contributed by atoms with van der Waals surface area (Å²) in [4.78, 5) is 5.42. The van der Waals surface area contributed by atoms with Gasteiger partial charge in [0.15, 0.2) is 0 Å². The molecule has 0 amide bonds. The molecule has 9 aromatic carbocycles. The Hall–Kier alpha value is -6.38. The molecule has 10 rings (SSSR count). The van der Waals surface area contributed by atoms with Crippen molar-refractivity contribution in [1.29, 1.82) is 0 Å². The van der Waals surface area contributed by atoms with Crippen molar-refractivity contribution in [3.8, 4) is 0 Å². The molecule has 1 heterocycles. The number of benzene rings is 9. The molecule has 4 heteroatoms. The molecule has 62 heavy (non-hydrogen) atoms. The summed E-state index contributed by atoms with van der Waals surface area (Å²) in [6.45, 7) is 1.57. The van der Waals surface area contributed by atoms with E-state index in [1.165, 1.54) is 71.1 Å². The van der Waals surface area contributed by atoms with E-state index in [4.69, 9.17) is 0 Å². The second-order valence-electron chi connectivity index (χ2n) is 16.4. The number of thioether (sulfide) groups is 1. The van der Waals surface area contributed by atoms with E-state index < -0.39 is 7.26 Å². The predicted octanol–water partition coefficient (Wildman–Crippen LogP) is 13.0. The maximum absolute atomic E-state index is 2.71. The van der Waals surface area contributed by atoms with Gasteiger partial charge in [0.1, 0.15) is 0 Å². The third kappa shape index (κ3) is 8.07. The molecule has 0 saturated carbocycles. The Kier molecular flexibility index (Phi) is 11.7. The third-order valence-corrected chi connectivity index (χ3v) is 18.9. The number of fused-ring (bicyclic) bond motifs is 2. The quantitative estimate of drug-likeness (QED) is 0.0796. The summed E-state index contributed by atoms with van der Waals surface area (Å²) in [7, 11) is -2.39. The van der Waals surface area contributed by atoms with Gasteiger partial charge in [0.25, 0.3) is 0 Å². The van der Waals surface area contributed by atoms with Crippen LogP contribution < -0.4 is 15.9 Å². The van der Waals surface area contributed by atoms with E-state index in [0.29, 0.717) is 0 Å². The van der Waals surface area contributed by atoms with Gasteiger partial charge < -0.3 is 0 Å². The molecule has 0 bridgehead atoms. The van der Waals surface area contributed by atoms with E-state index in [0.717, 1.165) is 31.4 Å². The molecule has 0 unspecified atom stereocenters. The van der Waals surface area contributed by atoms with Gasteiger partial charge in [-0.25, -0.2) is 0 Å². The van der Waals surface area contributed by atoms with Crippen molar-refractivity contribution < 1.29 is 0 Å². The molecule has 0 aromatic heterocycles. The van der Waals surface area contributed by atoms with Gasteiger partial charge in [-0.15, -0.1) is 0 Å². The molecule has 0 atom stereocenters. The first-order valence-electron chi connectivity index (χ1n) is 21.9. The van der Waals surface area contributed by atoms with Crippen LogP contribution in [-0.4, -0.2) is 27.2 Å². The first-order valence-corrected chi connectivity index (χ1v) is 25.1. The maximum atomic E-state index is 2.71. The third-order valence-electron chi connectivity index (χ3n) is 12.5. The Bertz CT molecular complexity index is 2690. The van der Waals surface area contributed by atoms with Gasteiger partial charge in [-0.1, -0.05) is 12.1 Å². The molecule has 1 aliphatic rings. The van der Waals surface area contributed by atoms with Crippen molar-refractivity contribution in [2.45, 2.75) is 25.0 Å². The summed E-state index contributed by atoms with van der Waals surface area (Å²) in [5, 5.41) is 9.51. The minimum absolute atomic E-state index is 0.0413. The molecule has 1 aliphatic heterocycles. The number of hydrogen-bond donors (Lipinski definition) is 0. The standard InChI is InChI=1S/C58H51N2PS/c1-6-23-49(24-7-1)56-57(50-25-8-2-9-26-50)60(44-46-36-38-48-22-17-19-28-52(48)42-46)58(59(56)43-45-35-37-47-21-16-18-27-51(47)41-45)62-40-20-39-61(53-29-10-3-11-30-53,54-31-12-4-13-32-54)55-33-14-5-15-34-55/h1-19,21-38,41-42,58,61H,20,39-40,43-44H2. The molecule has 0 spiro atoms. The zero-order chi connectivity index (χ0) is 41.6. The Morgan fingerprint density at radius 1 is 0.371 bits per heavy atom. The molecule has 0 saturated heterocycles. The molecular formula is C58H51N2PS. The first-order chi connectivity index (χ1) is 30.7. The van der Waals surface area contributed by atoms with Crippen LogP contribution in [0.1, 0.15) is 28.7 Å². The van der Waals surface area contributed by atoms with Crippen LogP contribution in [0.3, 0.4) is 0 Å². The van der Waals surface area contributed by atoms with Crippen molar-refractivity contribution >= 4 is 67.9 Å². The summed E-state index contributed by atoms with van der Waals surface area (Å²) < 4.78 is 0. The van der Waals surface area contributed by atoms with E-state index in [1.54, 1.807) is 0 Å². The topological polar surface area (TPSA) is 6.48 Å². The van der Waals surface area contributed by atoms with Gasteiger partial charge in [-0.2, -0.15) is 0 Å². The molecule has 9 aromatic rings. The monoisotopic (exact) mass is 838 g/mol. The summed E-state index contributed by atoms with van der Waals surface area (Å²) in [6.07, 6.45) is 2.20. The van der Waals surface area contributed by atoms with Crippen molar-refractivity contribution in [3.63, 3.8) is 0 Å². The van der Waals surface area contributed by atoms with Gasteiger partial charge in [0.05, 0.1) is 0 Å². The van der Waals surface area contributed by atoms with Crippen LogP contribution in [0.2, 0.25) is 0 Å². The molecule has 0 N–H and O–H groups in total. The van der Waals surface area contributed by atoms with E-state index >= 15 is 0 Å². The van der Waals surface area contributed by atoms with Crippen LogP contribution in [0.5, 0.6) is 0 Å². The molecule has 0 aliphatic carbocycles. The van der Waals surface area contributed by atoms with Crippen LogP contribution in [-0.2, 0) is 13.1 Å². The fourth-order valence-corrected chi connectivity index (χ4v) is 16.0. The van der Waals surface area contributed by atoms with E-state index in [-0.39, 0.29) is 5.50 Å². The summed E-state index contributed by atoms with van der Waals surface area (Å²) in [6, 6.07) is 87.9. The normalized spacial score (nSPS) is 13.6. The second kappa shape index (κ2) is 18.3. The van der Waals surface area contributed by atoms with Crippen LogP contribution in [0.4, 0.5) is 0 Å². The average molecular weight is 839 g/mol. The van der Waals surface area contributed by atoms with Crippen molar-refractivity contribution in [1.82, 2.24) is 9.80 Å². The first kappa shape index (κ1) is 39.7. The summed E-state index contributed by atoms with van der Waals surface area (Å²) in [5.74, 6) is 1.01. The van der Waals surface area contributed by atoms with Gasteiger partial charge >= 0.3 is 361 Å². The van der Waals surface area contributed by atoms with Crippen LogP contribution in [0.25, 0.3) is 32.9 Å².